The molecule has 2 aliphatic carbocycles. The molecule has 1 aromatic carbocycles. The van der Waals surface area contributed by atoms with Gasteiger partial charge in [-0.15, -0.1) is 0 Å². The molecule has 25 heavy (non-hydrogen) atoms. The molecule has 0 radical (unpaired) electrons. The van der Waals surface area contributed by atoms with E-state index in [1.807, 2.05) is 0 Å². The van der Waals surface area contributed by atoms with Crippen LogP contribution in [0.1, 0.15) is 76.2 Å². The molecule has 0 aliphatic heterocycles. The fraction of sp³-hybridized carbons (Fsp3) is 0.714. The molecule has 0 bridgehead atoms. The van der Waals surface area contributed by atoms with Gasteiger partial charge in [-0.1, -0.05) is 6.07 Å². The van der Waals surface area contributed by atoms with Gasteiger partial charge >= 0.3 is 0 Å². The lowest BCUT2D eigenvalue weighted by atomic mass is 9.68. The largest absolute Gasteiger partial charge is 0.245 e. The van der Waals surface area contributed by atoms with Crippen LogP contribution in [0.25, 0.3) is 0 Å². The van der Waals surface area contributed by atoms with E-state index in [0.717, 1.165) is 63.9 Å². The van der Waals surface area contributed by atoms with Crippen molar-refractivity contribution >= 4 is 0 Å². The van der Waals surface area contributed by atoms with Gasteiger partial charge in [-0.2, -0.15) is 0 Å². The Labute approximate surface area is 148 Å². The molecule has 0 unspecified atom stereocenters. The topological polar surface area (TPSA) is 0 Å². The first kappa shape index (κ1) is 18.7. The summed E-state index contributed by atoms with van der Waals surface area (Å²) < 4.78 is 52.8. The third-order valence-electron chi connectivity index (χ3n) is 6.39. The minimum atomic E-state index is -2.54. The van der Waals surface area contributed by atoms with Gasteiger partial charge in [-0.25, -0.2) is 17.6 Å². The standard InChI is InChI=1S/C21H28F4/c1-21(24,25)13-14-2-4-15(5-3-14)16-6-8-17(9-7-16)18-10-11-19(22)20(23)12-18/h10-12,14-17H,2-9,13H2,1H3/t14-,15-,16-,17-. The van der Waals surface area contributed by atoms with Crippen LogP contribution >= 0.6 is 0 Å². The molecule has 2 fully saturated rings. The Morgan fingerprint density at radius 3 is 1.92 bits per heavy atom. The lowest BCUT2D eigenvalue weighted by molar-refractivity contribution is -0.0130. The monoisotopic (exact) mass is 356 g/mol. The summed E-state index contributed by atoms with van der Waals surface area (Å²) in [7, 11) is 0. The molecule has 0 nitrogen and oxygen atoms in total. The first-order chi connectivity index (χ1) is 11.8. The van der Waals surface area contributed by atoms with Crippen LogP contribution in [0.2, 0.25) is 0 Å². The normalized spacial score (nSPS) is 31.1. The summed E-state index contributed by atoms with van der Waals surface area (Å²) in [6.07, 6.45) is 8.29. The Hall–Kier alpha value is -1.06. The Balaban J connectivity index is 1.47. The second-order valence-corrected chi connectivity index (χ2v) is 8.34. The molecule has 0 atom stereocenters. The van der Waals surface area contributed by atoms with Crippen LogP contribution in [0, 0.1) is 29.4 Å². The molecule has 0 N–H and O–H groups in total. The van der Waals surface area contributed by atoms with Gasteiger partial charge in [0, 0.05) is 6.42 Å². The highest BCUT2D eigenvalue weighted by Gasteiger charge is 2.34. The maximum absolute atomic E-state index is 13.4. The summed E-state index contributed by atoms with van der Waals surface area (Å²) in [5, 5.41) is 0. The molecule has 0 saturated heterocycles. The van der Waals surface area contributed by atoms with Crippen LogP contribution in [0.5, 0.6) is 0 Å². The van der Waals surface area contributed by atoms with Crippen molar-refractivity contribution < 1.29 is 17.6 Å². The molecule has 4 heteroatoms. The van der Waals surface area contributed by atoms with Crippen LogP contribution in [-0.2, 0) is 0 Å². The van der Waals surface area contributed by atoms with E-state index in [1.165, 1.54) is 12.1 Å². The van der Waals surface area contributed by atoms with Crippen LogP contribution < -0.4 is 0 Å². The van der Waals surface area contributed by atoms with Gasteiger partial charge in [0.05, 0.1) is 0 Å². The van der Waals surface area contributed by atoms with Crippen LogP contribution in [0.3, 0.4) is 0 Å². The molecule has 0 aromatic heterocycles. The third-order valence-corrected chi connectivity index (χ3v) is 6.39. The highest BCUT2D eigenvalue weighted by Crippen LogP contribution is 2.45. The zero-order valence-corrected chi connectivity index (χ0v) is 14.9. The Kier molecular flexibility index (Phi) is 5.75. The lowest BCUT2D eigenvalue weighted by Gasteiger charge is -2.38. The fourth-order valence-corrected chi connectivity index (χ4v) is 5.06. The second kappa shape index (κ2) is 7.67. The van der Waals surface area contributed by atoms with Gasteiger partial charge in [0.2, 0.25) is 5.92 Å². The highest BCUT2D eigenvalue weighted by atomic mass is 19.3. The van der Waals surface area contributed by atoms with Crippen molar-refractivity contribution in [2.24, 2.45) is 17.8 Å². The summed E-state index contributed by atoms with van der Waals surface area (Å²) in [5.74, 6) is -2.26. The number of benzene rings is 1. The van der Waals surface area contributed by atoms with Gasteiger partial charge in [0.1, 0.15) is 0 Å². The van der Waals surface area contributed by atoms with E-state index in [2.05, 4.69) is 0 Å². The van der Waals surface area contributed by atoms with E-state index in [-0.39, 0.29) is 12.3 Å². The minimum absolute atomic E-state index is 0.0303. The van der Waals surface area contributed by atoms with E-state index in [1.54, 1.807) is 6.07 Å². The molecule has 3 rings (SSSR count). The minimum Gasteiger partial charge on any atom is -0.207 e. The second-order valence-electron chi connectivity index (χ2n) is 8.34. The van der Waals surface area contributed by atoms with Crippen LogP contribution in [0.15, 0.2) is 18.2 Å². The quantitative estimate of drug-likeness (QED) is 0.505. The summed E-state index contributed by atoms with van der Waals surface area (Å²) >= 11 is 0. The summed E-state index contributed by atoms with van der Waals surface area (Å²) in [4.78, 5) is 0. The fourth-order valence-electron chi connectivity index (χ4n) is 5.06. The van der Waals surface area contributed by atoms with Crippen LogP contribution in [0.4, 0.5) is 17.6 Å². The van der Waals surface area contributed by atoms with E-state index in [0.29, 0.717) is 17.8 Å². The average molecular weight is 356 g/mol. The van der Waals surface area contributed by atoms with Crippen LogP contribution in [-0.4, -0.2) is 5.92 Å². The van der Waals surface area contributed by atoms with Crippen molar-refractivity contribution in [1.29, 1.82) is 0 Å². The predicted molar refractivity (Wildman–Crippen MR) is 91.7 cm³/mol. The first-order valence-corrected chi connectivity index (χ1v) is 9.64. The van der Waals surface area contributed by atoms with Gasteiger partial charge < -0.3 is 0 Å². The summed E-state index contributed by atoms with van der Waals surface area (Å²) in [5.41, 5.74) is 0.909. The van der Waals surface area contributed by atoms with Crippen molar-refractivity contribution in [3.05, 3.63) is 35.4 Å². The summed E-state index contributed by atoms with van der Waals surface area (Å²) in [6, 6.07) is 4.28. The van der Waals surface area contributed by atoms with E-state index in [9.17, 15) is 17.6 Å². The van der Waals surface area contributed by atoms with E-state index >= 15 is 0 Å². The molecule has 2 saturated carbocycles. The highest BCUT2D eigenvalue weighted by molar-refractivity contribution is 5.22. The smallest absolute Gasteiger partial charge is 0.207 e. The molecule has 2 aliphatic rings. The molecule has 1 aromatic rings. The predicted octanol–water partition coefficient (Wildman–Crippen LogP) is 7.09. The molecule has 0 heterocycles. The molecule has 140 valence electrons. The zero-order valence-electron chi connectivity index (χ0n) is 14.9. The molecular formula is C21H28F4. The number of halogens is 4. The van der Waals surface area contributed by atoms with Gasteiger partial charge in [-0.3, -0.25) is 0 Å². The van der Waals surface area contributed by atoms with Crippen molar-refractivity contribution in [2.45, 2.75) is 76.6 Å². The SMILES string of the molecule is CC(F)(F)C[C@H]1CC[C@H]([C@H]2CC[C@H](c3ccc(F)c(F)c3)CC2)CC1. The maximum atomic E-state index is 13.4. The van der Waals surface area contributed by atoms with Crippen molar-refractivity contribution in [3.8, 4) is 0 Å². The van der Waals surface area contributed by atoms with E-state index < -0.39 is 17.6 Å². The first-order valence-electron chi connectivity index (χ1n) is 9.64. The number of alkyl halides is 2. The average Bonchev–Trinajstić information content (AvgIpc) is 2.57. The molecule has 0 spiro atoms. The van der Waals surface area contributed by atoms with Gasteiger partial charge in [0.15, 0.2) is 11.6 Å². The lowest BCUT2D eigenvalue weighted by Crippen LogP contribution is -2.27. The van der Waals surface area contributed by atoms with Crippen molar-refractivity contribution in [1.82, 2.24) is 0 Å². The Morgan fingerprint density at radius 1 is 0.840 bits per heavy atom. The van der Waals surface area contributed by atoms with Gasteiger partial charge in [0.25, 0.3) is 0 Å². The van der Waals surface area contributed by atoms with Gasteiger partial charge in [-0.05, 0) is 99.7 Å². The van der Waals surface area contributed by atoms with Crippen molar-refractivity contribution in [3.63, 3.8) is 0 Å². The Morgan fingerprint density at radius 2 is 1.40 bits per heavy atom. The number of hydrogen-bond donors (Lipinski definition) is 0. The summed E-state index contributed by atoms with van der Waals surface area (Å²) in [6.45, 7) is 1.03. The molecule has 0 amide bonds. The number of rotatable bonds is 4. The maximum Gasteiger partial charge on any atom is 0.245 e. The molecular weight excluding hydrogens is 328 g/mol. The Bertz CT molecular complexity index is 562. The van der Waals surface area contributed by atoms with Crippen molar-refractivity contribution in [2.75, 3.05) is 0 Å². The third kappa shape index (κ3) is 4.98. The number of hydrogen-bond acceptors (Lipinski definition) is 0. The zero-order chi connectivity index (χ0) is 18.0. The van der Waals surface area contributed by atoms with E-state index in [4.69, 9.17) is 0 Å².